The molecule has 4 rings (SSSR count). The van der Waals surface area contributed by atoms with Gasteiger partial charge in [-0.15, -0.1) is 10.2 Å². The highest BCUT2D eigenvalue weighted by atomic mass is 16.6. The summed E-state index contributed by atoms with van der Waals surface area (Å²) in [6.07, 6.45) is 0. The van der Waals surface area contributed by atoms with Gasteiger partial charge in [-0.25, -0.2) is 0 Å². The van der Waals surface area contributed by atoms with Crippen molar-refractivity contribution in [3.63, 3.8) is 0 Å². The Labute approximate surface area is 160 Å². The van der Waals surface area contributed by atoms with Gasteiger partial charge in [-0.3, -0.25) is 14.9 Å². The maximum Gasteiger partial charge on any atom is 0.270 e. The third-order valence-electron chi connectivity index (χ3n) is 4.79. The number of rotatable bonds is 4. The van der Waals surface area contributed by atoms with E-state index in [0.717, 1.165) is 17.2 Å². The third-order valence-corrected chi connectivity index (χ3v) is 4.79. The number of amides is 1. The van der Waals surface area contributed by atoms with E-state index in [-0.39, 0.29) is 17.2 Å². The van der Waals surface area contributed by atoms with Crippen molar-refractivity contribution in [1.29, 1.82) is 0 Å². The minimum absolute atomic E-state index is 0.117. The Hall–Kier alpha value is -3.75. The fraction of sp³-hybridized carbons (Fsp3) is 0.211. The van der Waals surface area contributed by atoms with Gasteiger partial charge in [-0.1, -0.05) is 30.3 Å². The van der Waals surface area contributed by atoms with Crippen LogP contribution in [0.2, 0.25) is 0 Å². The van der Waals surface area contributed by atoms with Crippen LogP contribution in [0, 0.1) is 10.1 Å². The number of nitro benzene ring substituents is 1. The van der Waals surface area contributed by atoms with Crippen LogP contribution in [0.3, 0.4) is 0 Å². The number of hydrogen-bond donors (Lipinski definition) is 1. The van der Waals surface area contributed by atoms with Gasteiger partial charge in [-0.2, -0.15) is 0 Å². The van der Waals surface area contributed by atoms with Crippen LogP contribution in [0.1, 0.15) is 16.2 Å². The molecule has 1 aliphatic heterocycles. The standard InChI is InChI=1S/C19H18N6O3/c1-20-19(26)15-11-14(25(27)28)7-8-16(15)23-9-10-24-17(12-23)21-22-18(24)13-5-3-2-4-6-13/h2-8,11H,9-10,12H2,1H3,(H,20,26). The zero-order valence-electron chi connectivity index (χ0n) is 15.2. The molecule has 0 atom stereocenters. The summed E-state index contributed by atoms with van der Waals surface area (Å²) in [5, 5.41) is 22.3. The second-order valence-corrected chi connectivity index (χ2v) is 6.42. The Bertz CT molecular complexity index is 1050. The summed E-state index contributed by atoms with van der Waals surface area (Å²) >= 11 is 0. The van der Waals surface area contributed by atoms with Crippen molar-refractivity contribution in [2.24, 2.45) is 0 Å². The topological polar surface area (TPSA) is 106 Å². The molecule has 9 heteroatoms. The SMILES string of the molecule is CNC(=O)c1cc([N+](=O)[O-])ccc1N1CCn2c(nnc2-c2ccccc2)C1. The number of nitrogens with zero attached hydrogens (tertiary/aromatic N) is 5. The van der Waals surface area contributed by atoms with Crippen molar-refractivity contribution >= 4 is 17.3 Å². The highest BCUT2D eigenvalue weighted by Crippen LogP contribution is 2.29. The number of carbonyl (C=O) groups is 1. The van der Waals surface area contributed by atoms with Gasteiger partial charge in [0.2, 0.25) is 0 Å². The first-order valence-corrected chi connectivity index (χ1v) is 8.81. The average molecular weight is 378 g/mol. The van der Waals surface area contributed by atoms with Crippen LogP contribution in [-0.2, 0) is 13.1 Å². The van der Waals surface area contributed by atoms with E-state index in [1.54, 1.807) is 6.07 Å². The van der Waals surface area contributed by atoms with Gasteiger partial charge in [0.1, 0.15) is 0 Å². The molecule has 0 unspecified atom stereocenters. The van der Waals surface area contributed by atoms with Crippen molar-refractivity contribution < 1.29 is 9.72 Å². The van der Waals surface area contributed by atoms with Crippen molar-refractivity contribution in [2.75, 3.05) is 18.5 Å². The molecule has 3 aromatic rings. The first-order chi connectivity index (χ1) is 13.6. The summed E-state index contributed by atoms with van der Waals surface area (Å²) in [6.45, 7) is 1.74. The van der Waals surface area contributed by atoms with Gasteiger partial charge in [0.15, 0.2) is 11.6 Å². The number of anilines is 1. The van der Waals surface area contributed by atoms with Crippen LogP contribution in [0.5, 0.6) is 0 Å². The van der Waals surface area contributed by atoms with Crippen LogP contribution in [0.4, 0.5) is 11.4 Å². The molecular weight excluding hydrogens is 360 g/mol. The summed E-state index contributed by atoms with van der Waals surface area (Å²) in [7, 11) is 1.50. The number of aromatic nitrogens is 3. The van der Waals surface area contributed by atoms with Gasteiger partial charge in [0.05, 0.1) is 22.7 Å². The highest BCUT2D eigenvalue weighted by molar-refractivity contribution is 6.00. The number of benzene rings is 2. The van der Waals surface area contributed by atoms with Crippen molar-refractivity contribution in [3.05, 3.63) is 70.0 Å². The van der Waals surface area contributed by atoms with E-state index in [2.05, 4.69) is 20.1 Å². The number of carbonyl (C=O) groups excluding carboxylic acids is 1. The number of fused-ring (bicyclic) bond motifs is 1. The molecule has 0 bridgehead atoms. The number of hydrogen-bond acceptors (Lipinski definition) is 6. The predicted molar refractivity (Wildman–Crippen MR) is 103 cm³/mol. The Morgan fingerprint density at radius 3 is 2.64 bits per heavy atom. The Balaban J connectivity index is 1.68. The number of nitrogens with one attached hydrogen (secondary N) is 1. The molecular formula is C19H18N6O3. The normalized spacial score (nSPS) is 13.1. The second-order valence-electron chi connectivity index (χ2n) is 6.42. The molecule has 2 heterocycles. The number of nitro groups is 1. The molecule has 1 aromatic heterocycles. The molecule has 0 spiro atoms. The molecule has 28 heavy (non-hydrogen) atoms. The fourth-order valence-electron chi connectivity index (χ4n) is 3.39. The van der Waals surface area contributed by atoms with E-state index >= 15 is 0 Å². The Kier molecular flexibility index (Phi) is 4.48. The molecule has 0 saturated heterocycles. The maximum absolute atomic E-state index is 12.3. The van der Waals surface area contributed by atoms with Gasteiger partial charge in [0, 0.05) is 37.8 Å². The Morgan fingerprint density at radius 2 is 1.93 bits per heavy atom. The molecule has 9 nitrogen and oxygen atoms in total. The summed E-state index contributed by atoms with van der Waals surface area (Å²) in [4.78, 5) is 24.9. The molecule has 1 N–H and O–H groups in total. The summed E-state index contributed by atoms with van der Waals surface area (Å²) < 4.78 is 2.07. The fourth-order valence-corrected chi connectivity index (χ4v) is 3.39. The van der Waals surface area contributed by atoms with Crippen LogP contribution in [0.25, 0.3) is 11.4 Å². The molecule has 1 amide bonds. The Morgan fingerprint density at radius 1 is 1.14 bits per heavy atom. The molecule has 1 aliphatic rings. The molecule has 0 fully saturated rings. The van der Waals surface area contributed by atoms with Crippen LogP contribution >= 0.6 is 0 Å². The first-order valence-electron chi connectivity index (χ1n) is 8.81. The van der Waals surface area contributed by atoms with Gasteiger partial charge in [-0.05, 0) is 6.07 Å². The first kappa shape index (κ1) is 17.7. The quantitative estimate of drug-likeness (QED) is 0.551. The van der Waals surface area contributed by atoms with E-state index in [9.17, 15) is 14.9 Å². The summed E-state index contributed by atoms with van der Waals surface area (Å²) in [5.74, 6) is 1.23. The lowest BCUT2D eigenvalue weighted by atomic mass is 10.1. The van der Waals surface area contributed by atoms with Gasteiger partial charge in [0.25, 0.3) is 11.6 Å². The monoisotopic (exact) mass is 378 g/mol. The van der Waals surface area contributed by atoms with Crippen LogP contribution in [-0.4, -0.2) is 39.2 Å². The van der Waals surface area contributed by atoms with E-state index < -0.39 is 4.92 Å². The lowest BCUT2D eigenvalue weighted by molar-refractivity contribution is -0.384. The zero-order valence-corrected chi connectivity index (χ0v) is 15.2. The van der Waals surface area contributed by atoms with E-state index in [1.807, 2.05) is 35.2 Å². The zero-order chi connectivity index (χ0) is 19.7. The smallest absolute Gasteiger partial charge is 0.270 e. The minimum Gasteiger partial charge on any atom is -0.362 e. The largest absolute Gasteiger partial charge is 0.362 e. The van der Waals surface area contributed by atoms with Crippen LogP contribution < -0.4 is 10.2 Å². The minimum atomic E-state index is -0.505. The van der Waals surface area contributed by atoms with E-state index in [4.69, 9.17) is 0 Å². The predicted octanol–water partition coefficient (Wildman–Crippen LogP) is 2.23. The summed E-state index contributed by atoms with van der Waals surface area (Å²) in [6, 6.07) is 14.2. The molecule has 0 aliphatic carbocycles. The second kappa shape index (κ2) is 7.10. The number of non-ortho nitro benzene ring substituents is 1. The average Bonchev–Trinajstić information content (AvgIpc) is 3.16. The van der Waals surface area contributed by atoms with Crippen molar-refractivity contribution in [3.8, 4) is 11.4 Å². The highest BCUT2D eigenvalue weighted by Gasteiger charge is 2.26. The lowest BCUT2D eigenvalue weighted by Gasteiger charge is -2.30. The lowest BCUT2D eigenvalue weighted by Crippen LogP contribution is -2.35. The van der Waals surface area contributed by atoms with Gasteiger partial charge >= 0.3 is 0 Å². The maximum atomic E-state index is 12.3. The molecule has 2 aromatic carbocycles. The third kappa shape index (κ3) is 3.07. The van der Waals surface area contributed by atoms with Crippen molar-refractivity contribution in [1.82, 2.24) is 20.1 Å². The molecule has 0 radical (unpaired) electrons. The van der Waals surface area contributed by atoms with Crippen LogP contribution in [0.15, 0.2) is 48.5 Å². The van der Waals surface area contributed by atoms with Crippen molar-refractivity contribution in [2.45, 2.75) is 13.1 Å². The van der Waals surface area contributed by atoms with E-state index in [0.29, 0.717) is 25.3 Å². The molecule has 142 valence electrons. The molecule has 0 saturated carbocycles. The summed E-state index contributed by atoms with van der Waals surface area (Å²) in [5.41, 5.74) is 1.79. The van der Waals surface area contributed by atoms with Gasteiger partial charge < -0.3 is 14.8 Å². The van der Waals surface area contributed by atoms with E-state index in [1.165, 1.54) is 19.2 Å².